The van der Waals surface area contributed by atoms with E-state index in [0.717, 1.165) is 69.0 Å². The molecule has 0 bridgehead atoms. The molecule has 2 aromatic rings. The van der Waals surface area contributed by atoms with E-state index in [1.54, 1.807) is 7.11 Å². The fourth-order valence-corrected chi connectivity index (χ4v) is 4.68. The topological polar surface area (TPSA) is 83.1 Å². The zero-order valence-corrected chi connectivity index (χ0v) is 21.4. The number of amides is 2. The molecule has 8 heteroatoms. The lowest BCUT2D eigenvalue weighted by Gasteiger charge is -2.38. The average Bonchev–Trinajstić information content (AvgIpc) is 2.87. The Hall–Kier alpha value is -3.26. The predicted octanol–water partition coefficient (Wildman–Crippen LogP) is 3.92. The molecule has 1 saturated carbocycles. The number of rotatable bonds is 11. The summed E-state index contributed by atoms with van der Waals surface area (Å²) in [6, 6.07) is 13.7. The minimum Gasteiger partial charge on any atom is -0.495 e. The van der Waals surface area contributed by atoms with Gasteiger partial charge in [-0.15, -0.1) is 0 Å². The van der Waals surface area contributed by atoms with Crippen molar-refractivity contribution in [2.75, 3.05) is 68.2 Å². The number of carbonyl (C=O) groups excluding carboxylic acids is 2. The third kappa shape index (κ3) is 6.29. The molecule has 8 nitrogen and oxygen atoms in total. The molecule has 1 aliphatic carbocycles. The Kier molecular flexibility index (Phi) is 9.06. The second-order valence-corrected chi connectivity index (χ2v) is 9.30. The average molecular weight is 495 g/mol. The van der Waals surface area contributed by atoms with Gasteiger partial charge < -0.3 is 29.9 Å². The van der Waals surface area contributed by atoms with Gasteiger partial charge in [0.1, 0.15) is 5.75 Å². The molecule has 36 heavy (non-hydrogen) atoms. The van der Waals surface area contributed by atoms with Crippen LogP contribution in [-0.4, -0.2) is 64.9 Å². The lowest BCUT2D eigenvalue weighted by molar-refractivity contribution is -0.122. The fourth-order valence-electron chi connectivity index (χ4n) is 4.68. The van der Waals surface area contributed by atoms with Crippen molar-refractivity contribution in [3.63, 3.8) is 0 Å². The van der Waals surface area contributed by atoms with Crippen LogP contribution in [0.4, 0.5) is 17.1 Å². The summed E-state index contributed by atoms with van der Waals surface area (Å²) >= 11 is 0. The first-order chi connectivity index (χ1) is 17.6. The minimum absolute atomic E-state index is 0.0440. The highest BCUT2D eigenvalue weighted by Crippen LogP contribution is 2.32. The van der Waals surface area contributed by atoms with E-state index in [4.69, 9.17) is 9.47 Å². The van der Waals surface area contributed by atoms with Crippen LogP contribution in [0.5, 0.6) is 5.75 Å². The Morgan fingerprint density at radius 1 is 1.00 bits per heavy atom. The molecule has 2 aliphatic rings. The van der Waals surface area contributed by atoms with Crippen molar-refractivity contribution in [3.05, 3.63) is 48.0 Å². The highest BCUT2D eigenvalue weighted by molar-refractivity contribution is 6.02. The molecule has 0 aromatic heterocycles. The van der Waals surface area contributed by atoms with Crippen LogP contribution >= 0.6 is 0 Å². The van der Waals surface area contributed by atoms with Crippen LogP contribution in [0.2, 0.25) is 0 Å². The fraction of sp³-hybridized carbons (Fsp3) is 0.500. The molecule has 1 heterocycles. The highest BCUT2D eigenvalue weighted by atomic mass is 16.5. The number of anilines is 3. The third-order valence-electron chi connectivity index (χ3n) is 6.99. The summed E-state index contributed by atoms with van der Waals surface area (Å²) in [5, 5.41) is 6.04. The van der Waals surface area contributed by atoms with Gasteiger partial charge in [-0.3, -0.25) is 9.59 Å². The lowest BCUT2D eigenvalue weighted by atomic mass is 9.85. The molecule has 2 aromatic carbocycles. The first kappa shape index (κ1) is 25.8. The van der Waals surface area contributed by atoms with Crippen molar-refractivity contribution in [3.8, 4) is 5.75 Å². The molecule has 2 amide bonds. The Bertz CT molecular complexity index is 1030. The van der Waals surface area contributed by atoms with Gasteiger partial charge in [-0.2, -0.15) is 0 Å². The third-order valence-corrected chi connectivity index (χ3v) is 6.99. The number of hydrogen-bond acceptors (Lipinski definition) is 6. The van der Waals surface area contributed by atoms with Crippen LogP contribution in [0, 0.1) is 5.92 Å². The molecule has 194 valence electrons. The molecule has 2 fully saturated rings. The number of piperazine rings is 1. The van der Waals surface area contributed by atoms with Crippen molar-refractivity contribution < 1.29 is 19.1 Å². The number of nitrogens with zero attached hydrogens (tertiary/aromatic N) is 2. The smallest absolute Gasteiger partial charge is 0.253 e. The number of ether oxygens (including phenoxy) is 2. The van der Waals surface area contributed by atoms with Crippen LogP contribution in [0.15, 0.2) is 42.5 Å². The van der Waals surface area contributed by atoms with Gasteiger partial charge in [0.2, 0.25) is 5.91 Å². The standard InChI is InChI=1S/C28H38N4O4/c1-3-36-19-7-14-29-28(34)23-20-22(30-27(33)21-8-6-9-21)12-13-24(23)31-15-17-32(18-16-31)25-10-4-5-11-26(25)35-2/h4-5,10-13,20-21H,3,6-9,14-19H2,1-2H3,(H,29,34)(H,30,33). The summed E-state index contributed by atoms with van der Waals surface area (Å²) in [5.41, 5.74) is 3.23. The molecular weight excluding hydrogens is 456 g/mol. The van der Waals surface area contributed by atoms with Crippen LogP contribution in [0.3, 0.4) is 0 Å². The molecule has 0 unspecified atom stereocenters. The van der Waals surface area contributed by atoms with Gasteiger partial charge in [0.25, 0.3) is 5.91 Å². The Balaban J connectivity index is 1.47. The zero-order chi connectivity index (χ0) is 25.3. The maximum atomic E-state index is 13.2. The van der Waals surface area contributed by atoms with Crippen LogP contribution < -0.4 is 25.2 Å². The number of hydrogen-bond donors (Lipinski definition) is 2. The Morgan fingerprint density at radius 3 is 2.39 bits per heavy atom. The molecular formula is C28H38N4O4. The molecule has 0 spiro atoms. The highest BCUT2D eigenvalue weighted by Gasteiger charge is 2.27. The summed E-state index contributed by atoms with van der Waals surface area (Å²) in [7, 11) is 1.69. The predicted molar refractivity (Wildman–Crippen MR) is 143 cm³/mol. The van der Waals surface area contributed by atoms with E-state index in [9.17, 15) is 9.59 Å². The lowest BCUT2D eigenvalue weighted by Crippen LogP contribution is -2.47. The summed E-state index contributed by atoms with van der Waals surface area (Å²) in [6.07, 6.45) is 3.74. The second kappa shape index (κ2) is 12.6. The van der Waals surface area contributed by atoms with Gasteiger partial charge in [-0.05, 0) is 56.5 Å². The molecule has 1 saturated heterocycles. The number of benzene rings is 2. The van der Waals surface area contributed by atoms with Gasteiger partial charge >= 0.3 is 0 Å². The Morgan fingerprint density at radius 2 is 1.72 bits per heavy atom. The van der Waals surface area contributed by atoms with Crippen LogP contribution in [0.25, 0.3) is 0 Å². The van der Waals surface area contributed by atoms with E-state index in [2.05, 4.69) is 26.5 Å². The molecule has 2 N–H and O–H groups in total. The van der Waals surface area contributed by atoms with Gasteiger partial charge in [0, 0.05) is 63.2 Å². The quantitative estimate of drug-likeness (QED) is 0.461. The van der Waals surface area contributed by atoms with E-state index in [1.807, 2.05) is 43.3 Å². The van der Waals surface area contributed by atoms with Gasteiger partial charge in [-0.1, -0.05) is 18.6 Å². The van der Waals surface area contributed by atoms with Crippen molar-refractivity contribution in [1.82, 2.24) is 5.32 Å². The molecule has 4 rings (SSSR count). The monoisotopic (exact) mass is 494 g/mol. The van der Waals surface area contributed by atoms with Crippen molar-refractivity contribution >= 4 is 28.9 Å². The number of para-hydroxylation sites is 2. The van der Waals surface area contributed by atoms with Gasteiger partial charge in [-0.25, -0.2) is 0 Å². The SMILES string of the molecule is CCOCCCNC(=O)c1cc(NC(=O)C2CCC2)ccc1N1CCN(c2ccccc2OC)CC1. The summed E-state index contributed by atoms with van der Waals surface area (Å²) in [4.78, 5) is 30.3. The maximum absolute atomic E-state index is 13.2. The summed E-state index contributed by atoms with van der Waals surface area (Å²) < 4.78 is 10.9. The zero-order valence-electron chi connectivity index (χ0n) is 21.4. The maximum Gasteiger partial charge on any atom is 0.253 e. The van der Waals surface area contributed by atoms with Crippen molar-refractivity contribution in [2.24, 2.45) is 5.92 Å². The van der Waals surface area contributed by atoms with Crippen LogP contribution in [0.1, 0.15) is 43.0 Å². The number of methoxy groups -OCH3 is 1. The molecule has 1 aliphatic heterocycles. The normalized spacial score (nSPS) is 15.8. The van der Waals surface area contributed by atoms with Crippen LogP contribution in [-0.2, 0) is 9.53 Å². The van der Waals surface area contributed by atoms with E-state index < -0.39 is 0 Å². The van der Waals surface area contributed by atoms with E-state index in [1.165, 1.54) is 0 Å². The first-order valence-corrected chi connectivity index (χ1v) is 13.0. The number of nitrogens with one attached hydrogen (secondary N) is 2. The van der Waals surface area contributed by atoms with Crippen molar-refractivity contribution in [2.45, 2.75) is 32.6 Å². The van der Waals surface area contributed by atoms with E-state index in [0.29, 0.717) is 31.0 Å². The minimum atomic E-state index is -0.131. The van der Waals surface area contributed by atoms with Crippen molar-refractivity contribution in [1.29, 1.82) is 0 Å². The van der Waals surface area contributed by atoms with Gasteiger partial charge in [0.15, 0.2) is 0 Å². The first-order valence-electron chi connectivity index (χ1n) is 13.0. The summed E-state index contributed by atoms with van der Waals surface area (Å²) in [5.74, 6) is 0.865. The van der Waals surface area contributed by atoms with Gasteiger partial charge in [0.05, 0.1) is 18.4 Å². The van der Waals surface area contributed by atoms with E-state index in [-0.39, 0.29) is 17.7 Å². The largest absolute Gasteiger partial charge is 0.495 e. The number of carbonyl (C=O) groups is 2. The Labute approximate surface area is 213 Å². The molecule has 0 atom stereocenters. The molecule has 0 radical (unpaired) electrons. The second-order valence-electron chi connectivity index (χ2n) is 9.30. The van der Waals surface area contributed by atoms with E-state index >= 15 is 0 Å². The summed E-state index contributed by atoms with van der Waals surface area (Å²) in [6.45, 7) is 6.97.